The molecule has 0 spiro atoms. The predicted octanol–water partition coefficient (Wildman–Crippen LogP) is 4.35. The van der Waals surface area contributed by atoms with Gasteiger partial charge in [0.2, 0.25) is 0 Å². The Hall–Kier alpha value is -3.32. The minimum absolute atomic E-state index is 0.260. The number of hydrogen-bond donors (Lipinski definition) is 3. The fourth-order valence-corrected chi connectivity index (χ4v) is 2.47. The zero-order valence-electron chi connectivity index (χ0n) is 14.0. The average molecular weight is 367 g/mol. The van der Waals surface area contributed by atoms with Crippen LogP contribution in [0.4, 0.5) is 17.1 Å². The highest BCUT2D eigenvalue weighted by atomic mass is 32.1. The largest absolute Gasteiger partial charge is 0.497 e. The van der Waals surface area contributed by atoms with Crippen LogP contribution in [0.5, 0.6) is 5.75 Å². The first-order chi connectivity index (χ1) is 12.6. The van der Waals surface area contributed by atoms with Crippen molar-refractivity contribution in [1.29, 1.82) is 0 Å². The summed E-state index contributed by atoms with van der Waals surface area (Å²) in [6.07, 6.45) is 1.46. The van der Waals surface area contributed by atoms with Gasteiger partial charge in [-0.1, -0.05) is 6.07 Å². The SMILES string of the molecule is COc1cccc(NC(=S)Nc2ccc(NC(=O)c3ccco3)cc2)c1. The third-order valence-corrected chi connectivity index (χ3v) is 3.68. The van der Waals surface area contributed by atoms with Gasteiger partial charge in [-0.2, -0.15) is 0 Å². The third-order valence-electron chi connectivity index (χ3n) is 3.47. The van der Waals surface area contributed by atoms with Crippen LogP contribution in [0.2, 0.25) is 0 Å². The summed E-state index contributed by atoms with van der Waals surface area (Å²) in [6, 6.07) is 17.9. The van der Waals surface area contributed by atoms with E-state index in [0.29, 0.717) is 10.8 Å². The molecule has 3 N–H and O–H groups in total. The fourth-order valence-electron chi connectivity index (χ4n) is 2.23. The van der Waals surface area contributed by atoms with Gasteiger partial charge in [0.25, 0.3) is 5.91 Å². The van der Waals surface area contributed by atoms with E-state index in [-0.39, 0.29) is 11.7 Å². The van der Waals surface area contributed by atoms with Gasteiger partial charge in [0, 0.05) is 23.1 Å². The number of rotatable bonds is 5. The van der Waals surface area contributed by atoms with E-state index in [4.69, 9.17) is 21.4 Å². The predicted molar refractivity (Wildman–Crippen MR) is 106 cm³/mol. The van der Waals surface area contributed by atoms with Gasteiger partial charge in [0.1, 0.15) is 5.75 Å². The molecule has 1 aromatic heterocycles. The zero-order chi connectivity index (χ0) is 18.4. The molecule has 0 saturated heterocycles. The van der Waals surface area contributed by atoms with E-state index in [1.54, 1.807) is 31.4 Å². The van der Waals surface area contributed by atoms with Crippen molar-refractivity contribution < 1.29 is 13.9 Å². The molecule has 1 heterocycles. The molecule has 7 heteroatoms. The number of benzene rings is 2. The van der Waals surface area contributed by atoms with E-state index in [1.807, 2.05) is 36.4 Å². The molecule has 0 unspecified atom stereocenters. The third kappa shape index (κ3) is 4.61. The summed E-state index contributed by atoms with van der Waals surface area (Å²) in [7, 11) is 1.61. The van der Waals surface area contributed by atoms with Gasteiger partial charge in [0.15, 0.2) is 10.9 Å². The summed E-state index contributed by atoms with van der Waals surface area (Å²) in [5.74, 6) is 0.705. The maximum Gasteiger partial charge on any atom is 0.291 e. The molecule has 132 valence electrons. The second kappa shape index (κ2) is 8.17. The molecule has 2 aromatic carbocycles. The van der Waals surface area contributed by atoms with Crippen molar-refractivity contribution in [1.82, 2.24) is 0 Å². The van der Waals surface area contributed by atoms with Crippen LogP contribution >= 0.6 is 12.2 Å². The van der Waals surface area contributed by atoms with E-state index < -0.39 is 0 Å². The van der Waals surface area contributed by atoms with Crippen LogP contribution in [-0.2, 0) is 0 Å². The number of furan rings is 1. The number of anilines is 3. The molecule has 3 aromatic rings. The van der Waals surface area contributed by atoms with Crippen molar-refractivity contribution in [2.45, 2.75) is 0 Å². The standard InChI is InChI=1S/C19H17N3O3S/c1-24-16-5-2-4-15(12-16)22-19(26)21-14-9-7-13(8-10-14)20-18(23)17-6-3-11-25-17/h2-12H,1H3,(H,20,23)(H2,21,22,26). The summed E-state index contributed by atoms with van der Waals surface area (Å²) >= 11 is 5.31. The van der Waals surface area contributed by atoms with Crippen LogP contribution in [0, 0.1) is 0 Å². The Morgan fingerprint density at radius 1 is 0.923 bits per heavy atom. The van der Waals surface area contributed by atoms with E-state index in [1.165, 1.54) is 6.26 Å². The normalized spacial score (nSPS) is 10.0. The van der Waals surface area contributed by atoms with Gasteiger partial charge in [-0.15, -0.1) is 0 Å². The first-order valence-electron chi connectivity index (χ1n) is 7.81. The lowest BCUT2D eigenvalue weighted by atomic mass is 10.2. The number of methoxy groups -OCH3 is 1. The highest BCUT2D eigenvalue weighted by Crippen LogP contribution is 2.18. The lowest BCUT2D eigenvalue weighted by molar-refractivity contribution is 0.0996. The van der Waals surface area contributed by atoms with Gasteiger partial charge >= 0.3 is 0 Å². The maximum atomic E-state index is 11.9. The van der Waals surface area contributed by atoms with Crippen LogP contribution in [0.15, 0.2) is 71.3 Å². The summed E-state index contributed by atoms with van der Waals surface area (Å²) in [5, 5.41) is 9.38. The molecule has 3 rings (SSSR count). The molecule has 0 bridgehead atoms. The van der Waals surface area contributed by atoms with E-state index in [2.05, 4.69) is 16.0 Å². The van der Waals surface area contributed by atoms with E-state index in [9.17, 15) is 4.79 Å². The highest BCUT2D eigenvalue weighted by molar-refractivity contribution is 7.80. The molecule has 0 fully saturated rings. The monoisotopic (exact) mass is 367 g/mol. The molecule has 0 saturated carbocycles. The van der Waals surface area contributed by atoms with Gasteiger partial charge in [0.05, 0.1) is 13.4 Å². The van der Waals surface area contributed by atoms with Gasteiger partial charge in [-0.3, -0.25) is 4.79 Å². The number of hydrogen-bond acceptors (Lipinski definition) is 4. The molecule has 1 amide bonds. The van der Waals surface area contributed by atoms with Gasteiger partial charge < -0.3 is 25.1 Å². The van der Waals surface area contributed by atoms with Crippen molar-refractivity contribution in [2.75, 3.05) is 23.1 Å². The van der Waals surface area contributed by atoms with Crippen molar-refractivity contribution in [3.63, 3.8) is 0 Å². The van der Waals surface area contributed by atoms with Crippen LogP contribution < -0.4 is 20.7 Å². The lowest BCUT2D eigenvalue weighted by Gasteiger charge is -2.12. The van der Waals surface area contributed by atoms with Gasteiger partial charge in [-0.25, -0.2) is 0 Å². The molecular formula is C19H17N3O3S. The van der Waals surface area contributed by atoms with E-state index in [0.717, 1.165) is 17.1 Å². The number of amides is 1. The van der Waals surface area contributed by atoms with Crippen molar-refractivity contribution in [3.8, 4) is 5.75 Å². The summed E-state index contributed by atoms with van der Waals surface area (Å²) < 4.78 is 10.2. The summed E-state index contributed by atoms with van der Waals surface area (Å²) in [5.41, 5.74) is 2.27. The summed E-state index contributed by atoms with van der Waals surface area (Å²) in [6.45, 7) is 0. The number of carbonyl (C=O) groups excluding carboxylic acids is 1. The molecular weight excluding hydrogens is 350 g/mol. The average Bonchev–Trinajstić information content (AvgIpc) is 3.18. The topological polar surface area (TPSA) is 75.5 Å². The Kier molecular flexibility index (Phi) is 5.50. The molecule has 0 radical (unpaired) electrons. The second-order valence-electron chi connectivity index (χ2n) is 5.32. The Bertz CT molecular complexity index is 893. The Balaban J connectivity index is 1.56. The molecule has 26 heavy (non-hydrogen) atoms. The van der Waals surface area contributed by atoms with Crippen molar-refractivity contribution in [2.24, 2.45) is 0 Å². The first kappa shape index (κ1) is 17.5. The molecule has 0 atom stereocenters. The molecule has 0 aliphatic heterocycles. The molecule has 0 aliphatic carbocycles. The fraction of sp³-hybridized carbons (Fsp3) is 0.0526. The molecule has 0 aliphatic rings. The summed E-state index contributed by atoms with van der Waals surface area (Å²) in [4.78, 5) is 11.9. The maximum absolute atomic E-state index is 11.9. The number of thiocarbonyl (C=S) groups is 1. The van der Waals surface area contributed by atoms with Crippen molar-refractivity contribution in [3.05, 3.63) is 72.7 Å². The number of carbonyl (C=O) groups is 1. The van der Waals surface area contributed by atoms with Crippen LogP contribution in [0.3, 0.4) is 0 Å². The zero-order valence-corrected chi connectivity index (χ0v) is 14.8. The van der Waals surface area contributed by atoms with Crippen LogP contribution in [-0.4, -0.2) is 18.1 Å². The number of nitrogens with one attached hydrogen (secondary N) is 3. The smallest absolute Gasteiger partial charge is 0.291 e. The number of ether oxygens (including phenoxy) is 1. The van der Waals surface area contributed by atoms with Crippen molar-refractivity contribution >= 4 is 40.3 Å². The van der Waals surface area contributed by atoms with Crippen LogP contribution in [0.25, 0.3) is 0 Å². The minimum atomic E-state index is -0.300. The first-order valence-corrected chi connectivity index (χ1v) is 8.22. The molecule has 6 nitrogen and oxygen atoms in total. The lowest BCUT2D eigenvalue weighted by Crippen LogP contribution is -2.19. The minimum Gasteiger partial charge on any atom is -0.497 e. The highest BCUT2D eigenvalue weighted by Gasteiger charge is 2.08. The van der Waals surface area contributed by atoms with Gasteiger partial charge in [-0.05, 0) is 60.7 Å². The Morgan fingerprint density at radius 2 is 1.62 bits per heavy atom. The Labute approximate surface area is 156 Å². The van der Waals surface area contributed by atoms with Crippen LogP contribution in [0.1, 0.15) is 10.6 Å². The second-order valence-corrected chi connectivity index (χ2v) is 5.73. The quantitative estimate of drug-likeness (QED) is 0.582. The van der Waals surface area contributed by atoms with E-state index >= 15 is 0 Å². The Morgan fingerprint density at radius 3 is 2.27 bits per heavy atom.